The molecule has 3 amide bonds. The maximum absolute atomic E-state index is 13.1. The van der Waals surface area contributed by atoms with Crippen molar-refractivity contribution in [3.05, 3.63) is 20.8 Å². The Balaban J connectivity index is 1.91. The van der Waals surface area contributed by atoms with E-state index >= 15 is 0 Å². The lowest BCUT2D eigenvalue weighted by Gasteiger charge is -2.15. The van der Waals surface area contributed by atoms with Crippen LogP contribution in [0.15, 0.2) is 9.95 Å². The second-order valence-corrected chi connectivity index (χ2v) is 8.84. The fourth-order valence-corrected chi connectivity index (χ4v) is 5.49. The number of thioether (sulfide) groups is 1. The Morgan fingerprint density at radius 3 is 2.74 bits per heavy atom. The van der Waals surface area contributed by atoms with Gasteiger partial charge in [0.2, 0.25) is 5.91 Å². The minimum Gasteiger partial charge on any atom is -0.338 e. The predicted octanol–water partition coefficient (Wildman–Crippen LogP) is 2.68. The van der Waals surface area contributed by atoms with Gasteiger partial charge in [0.05, 0.1) is 10.6 Å². The number of rotatable bonds is 5. The molecule has 1 atom stereocenters. The summed E-state index contributed by atoms with van der Waals surface area (Å²) in [5.41, 5.74) is 1.14. The molecular weight excluding hydrogens is 384 g/mol. The van der Waals surface area contributed by atoms with E-state index in [2.05, 4.69) is 10.6 Å². The number of carbonyl (C=O) groups is 2. The first-order valence-electron chi connectivity index (χ1n) is 9.26. The van der Waals surface area contributed by atoms with Crippen LogP contribution in [0.25, 0.3) is 10.2 Å². The second-order valence-electron chi connectivity index (χ2n) is 6.44. The van der Waals surface area contributed by atoms with Crippen molar-refractivity contribution >= 4 is 45.3 Å². The number of urea groups is 1. The number of carbonyl (C=O) groups excluding carboxylic acids is 2. The molecule has 0 bridgehead atoms. The molecule has 3 rings (SSSR count). The molecule has 0 radical (unpaired) electrons. The van der Waals surface area contributed by atoms with Crippen LogP contribution in [0.1, 0.15) is 44.1 Å². The lowest BCUT2D eigenvalue weighted by Crippen LogP contribution is -2.42. The number of imide groups is 1. The van der Waals surface area contributed by atoms with Crippen LogP contribution in [-0.4, -0.2) is 33.3 Å². The summed E-state index contributed by atoms with van der Waals surface area (Å²) in [6, 6.07) is -0.517. The Labute approximate surface area is 165 Å². The molecule has 2 aromatic rings. The lowest BCUT2D eigenvalue weighted by molar-refractivity contribution is -0.119. The number of thiophene rings is 1. The number of nitrogens with one attached hydrogen (secondary N) is 2. The van der Waals surface area contributed by atoms with Crippen molar-refractivity contribution in [1.29, 1.82) is 0 Å². The Morgan fingerprint density at radius 1 is 1.30 bits per heavy atom. The zero-order valence-electron chi connectivity index (χ0n) is 15.8. The SMILES string of the molecule is CCNC(=O)NC(=O)[C@@H](C)Sc1nc2sc3c(c2c(=O)n1CC)CCCC3. The number of amides is 3. The van der Waals surface area contributed by atoms with Crippen LogP contribution >= 0.6 is 23.1 Å². The van der Waals surface area contributed by atoms with Crippen molar-refractivity contribution in [2.45, 2.75) is 63.4 Å². The Kier molecular flexibility index (Phi) is 6.21. The first-order valence-corrected chi connectivity index (χ1v) is 11.0. The van der Waals surface area contributed by atoms with Gasteiger partial charge < -0.3 is 5.32 Å². The van der Waals surface area contributed by atoms with Gasteiger partial charge in [0.15, 0.2) is 5.16 Å². The van der Waals surface area contributed by atoms with Crippen LogP contribution in [0.5, 0.6) is 0 Å². The number of fused-ring (bicyclic) bond motifs is 3. The van der Waals surface area contributed by atoms with E-state index in [0.29, 0.717) is 18.2 Å². The van der Waals surface area contributed by atoms with Crippen LogP contribution in [0.4, 0.5) is 4.79 Å². The van der Waals surface area contributed by atoms with Gasteiger partial charge in [-0.2, -0.15) is 0 Å². The topological polar surface area (TPSA) is 93.1 Å². The van der Waals surface area contributed by atoms with Crippen LogP contribution in [0.2, 0.25) is 0 Å². The summed E-state index contributed by atoms with van der Waals surface area (Å²) in [6.45, 7) is 6.31. The average Bonchev–Trinajstić information content (AvgIpc) is 3.00. The molecule has 0 saturated carbocycles. The molecule has 146 valence electrons. The van der Waals surface area contributed by atoms with E-state index in [-0.39, 0.29) is 5.56 Å². The molecule has 0 saturated heterocycles. The van der Waals surface area contributed by atoms with E-state index in [9.17, 15) is 14.4 Å². The van der Waals surface area contributed by atoms with Crippen molar-refractivity contribution in [3.63, 3.8) is 0 Å². The molecule has 27 heavy (non-hydrogen) atoms. The summed E-state index contributed by atoms with van der Waals surface area (Å²) in [5.74, 6) is -0.409. The molecule has 2 aromatic heterocycles. The number of aromatic nitrogens is 2. The number of hydrogen-bond donors (Lipinski definition) is 2. The molecule has 0 aromatic carbocycles. The van der Waals surface area contributed by atoms with Gasteiger partial charge in [-0.15, -0.1) is 11.3 Å². The molecule has 1 aliphatic carbocycles. The van der Waals surface area contributed by atoms with E-state index in [4.69, 9.17) is 4.98 Å². The quantitative estimate of drug-likeness (QED) is 0.586. The lowest BCUT2D eigenvalue weighted by atomic mass is 9.97. The van der Waals surface area contributed by atoms with Crippen molar-refractivity contribution in [2.75, 3.05) is 6.54 Å². The fourth-order valence-electron chi connectivity index (χ4n) is 3.22. The van der Waals surface area contributed by atoms with E-state index in [0.717, 1.165) is 35.9 Å². The summed E-state index contributed by atoms with van der Waals surface area (Å²) in [4.78, 5) is 43.6. The molecule has 2 heterocycles. The van der Waals surface area contributed by atoms with Crippen molar-refractivity contribution in [2.24, 2.45) is 0 Å². The molecule has 7 nitrogen and oxygen atoms in total. The maximum Gasteiger partial charge on any atom is 0.321 e. The molecule has 0 fully saturated rings. The third-order valence-corrected chi connectivity index (χ3v) is 6.86. The Bertz CT molecular complexity index is 935. The smallest absolute Gasteiger partial charge is 0.321 e. The molecule has 1 aliphatic rings. The van der Waals surface area contributed by atoms with Crippen LogP contribution < -0.4 is 16.2 Å². The highest BCUT2D eigenvalue weighted by atomic mass is 32.2. The highest BCUT2D eigenvalue weighted by molar-refractivity contribution is 8.00. The zero-order valence-corrected chi connectivity index (χ0v) is 17.4. The molecule has 0 aliphatic heterocycles. The third kappa shape index (κ3) is 4.03. The average molecular weight is 409 g/mol. The summed E-state index contributed by atoms with van der Waals surface area (Å²) < 4.78 is 1.63. The van der Waals surface area contributed by atoms with Crippen molar-refractivity contribution in [1.82, 2.24) is 20.2 Å². The minimum atomic E-state index is -0.552. The van der Waals surface area contributed by atoms with E-state index < -0.39 is 17.2 Å². The summed E-state index contributed by atoms with van der Waals surface area (Å²) in [7, 11) is 0. The van der Waals surface area contributed by atoms with Gasteiger partial charge in [0.25, 0.3) is 5.56 Å². The third-order valence-electron chi connectivity index (χ3n) is 4.58. The largest absolute Gasteiger partial charge is 0.338 e. The molecule has 2 N–H and O–H groups in total. The first kappa shape index (κ1) is 19.9. The van der Waals surface area contributed by atoms with Gasteiger partial charge in [0.1, 0.15) is 4.83 Å². The van der Waals surface area contributed by atoms with E-state index in [1.165, 1.54) is 22.2 Å². The van der Waals surface area contributed by atoms with Gasteiger partial charge in [-0.05, 0) is 52.0 Å². The van der Waals surface area contributed by atoms with Gasteiger partial charge in [-0.1, -0.05) is 11.8 Å². The normalized spacial score (nSPS) is 14.6. The molecule has 0 unspecified atom stereocenters. The Morgan fingerprint density at radius 2 is 2.04 bits per heavy atom. The molecular formula is C18H24N4O3S2. The monoisotopic (exact) mass is 408 g/mol. The van der Waals surface area contributed by atoms with E-state index in [1.807, 2.05) is 6.92 Å². The van der Waals surface area contributed by atoms with E-state index in [1.54, 1.807) is 29.8 Å². The van der Waals surface area contributed by atoms with Gasteiger partial charge in [-0.3, -0.25) is 19.5 Å². The number of aryl methyl sites for hydroxylation is 2. The summed E-state index contributed by atoms with van der Waals surface area (Å²) in [5, 5.41) is 5.56. The van der Waals surface area contributed by atoms with Gasteiger partial charge in [0, 0.05) is 18.0 Å². The molecule has 0 spiro atoms. The highest BCUT2D eigenvalue weighted by Crippen LogP contribution is 2.35. The number of hydrogen-bond acceptors (Lipinski definition) is 6. The van der Waals surface area contributed by atoms with Crippen LogP contribution in [0.3, 0.4) is 0 Å². The van der Waals surface area contributed by atoms with Gasteiger partial charge in [-0.25, -0.2) is 9.78 Å². The highest BCUT2D eigenvalue weighted by Gasteiger charge is 2.24. The minimum absolute atomic E-state index is 0.0271. The summed E-state index contributed by atoms with van der Waals surface area (Å²) >= 11 is 2.80. The van der Waals surface area contributed by atoms with Crippen LogP contribution in [0, 0.1) is 0 Å². The predicted molar refractivity (Wildman–Crippen MR) is 109 cm³/mol. The zero-order chi connectivity index (χ0) is 19.6. The first-order chi connectivity index (χ1) is 13.0. The van der Waals surface area contributed by atoms with Gasteiger partial charge >= 0.3 is 6.03 Å². The second kappa shape index (κ2) is 8.43. The fraction of sp³-hybridized carbons (Fsp3) is 0.556. The molecule has 9 heteroatoms. The number of nitrogens with zero attached hydrogens (tertiary/aromatic N) is 2. The standard InChI is InChI=1S/C18H24N4O3S2/c1-4-19-17(25)20-14(23)10(3)26-18-21-15-13(16(24)22(18)5-2)11-8-6-7-9-12(11)27-15/h10H,4-9H2,1-3H3,(H2,19,20,23,25)/t10-/m1/s1. The van der Waals surface area contributed by atoms with Crippen LogP contribution in [-0.2, 0) is 24.2 Å². The Hall–Kier alpha value is -1.87. The van der Waals surface area contributed by atoms with Crippen molar-refractivity contribution in [3.8, 4) is 0 Å². The van der Waals surface area contributed by atoms with Crippen molar-refractivity contribution < 1.29 is 9.59 Å². The maximum atomic E-state index is 13.1. The summed E-state index contributed by atoms with van der Waals surface area (Å²) in [6.07, 6.45) is 4.21.